The Labute approximate surface area is 153 Å². The van der Waals surface area contributed by atoms with Gasteiger partial charge >= 0.3 is 0 Å². The summed E-state index contributed by atoms with van der Waals surface area (Å²) in [5, 5.41) is 3.19. The Balaban J connectivity index is 2.20. The zero-order chi connectivity index (χ0) is 18.8. The Kier molecular flexibility index (Phi) is 5.53. The number of rotatable bonds is 4. The first-order chi connectivity index (χ1) is 11.6. The van der Waals surface area contributed by atoms with Gasteiger partial charge in [-0.25, -0.2) is 0 Å². The number of nitrogens with one attached hydrogen (secondary N) is 1. The van der Waals surface area contributed by atoms with Crippen LogP contribution in [-0.4, -0.2) is 17.3 Å². The molecule has 0 spiro atoms. The number of carbonyl (C=O) groups is 2. The van der Waals surface area contributed by atoms with Crippen LogP contribution in [0.1, 0.15) is 54.0 Å². The van der Waals surface area contributed by atoms with Gasteiger partial charge in [0.05, 0.1) is 5.02 Å². The molecule has 1 N–H and O–H groups in total. The van der Waals surface area contributed by atoms with Crippen LogP contribution in [0.15, 0.2) is 36.4 Å². The van der Waals surface area contributed by atoms with Gasteiger partial charge in [-0.3, -0.25) is 9.59 Å². The first kappa shape index (κ1) is 19.0. The minimum atomic E-state index is -0.378. The monoisotopic (exact) mass is 359 g/mol. The van der Waals surface area contributed by atoms with Crippen molar-refractivity contribution in [1.82, 2.24) is 0 Å². The smallest absolute Gasteiger partial charge is 0.255 e. The summed E-state index contributed by atoms with van der Waals surface area (Å²) in [4.78, 5) is 23.7. The van der Waals surface area contributed by atoms with Crippen molar-refractivity contribution < 1.29 is 14.3 Å². The average Bonchev–Trinajstić information content (AvgIpc) is 2.50. The molecule has 0 aliphatic heterocycles. The Morgan fingerprint density at radius 3 is 2.12 bits per heavy atom. The largest absolute Gasteiger partial charge is 0.486 e. The molecule has 2 aromatic rings. The van der Waals surface area contributed by atoms with Gasteiger partial charge in [0.15, 0.2) is 5.78 Å². The molecule has 0 saturated heterocycles. The first-order valence-electron chi connectivity index (χ1n) is 7.98. The summed E-state index contributed by atoms with van der Waals surface area (Å²) in [6, 6.07) is 10.1. The summed E-state index contributed by atoms with van der Waals surface area (Å²) in [5.41, 5.74) is 2.06. The Morgan fingerprint density at radius 2 is 1.64 bits per heavy atom. The number of Topliss-reactive ketones (excluding diaryl/α,β-unsaturated/α-hetero) is 1. The van der Waals surface area contributed by atoms with Crippen molar-refractivity contribution in [3.8, 4) is 5.75 Å². The second-order valence-electron chi connectivity index (χ2n) is 6.91. The Bertz CT molecular complexity index is 782. The van der Waals surface area contributed by atoms with Crippen molar-refractivity contribution in [3.05, 3.63) is 58.1 Å². The van der Waals surface area contributed by atoms with Gasteiger partial charge in [0, 0.05) is 16.8 Å². The minimum Gasteiger partial charge on any atom is -0.486 e. The molecule has 2 aromatic carbocycles. The van der Waals surface area contributed by atoms with Gasteiger partial charge in [-0.15, -0.1) is 0 Å². The van der Waals surface area contributed by atoms with E-state index in [0.717, 1.165) is 5.56 Å². The topological polar surface area (TPSA) is 55.4 Å². The van der Waals surface area contributed by atoms with E-state index in [1.165, 1.54) is 6.92 Å². The number of ether oxygens (including phenoxy) is 1. The Morgan fingerprint density at radius 1 is 1.04 bits per heavy atom. The van der Waals surface area contributed by atoms with Crippen LogP contribution in [0.3, 0.4) is 0 Å². The third-order valence-electron chi connectivity index (χ3n) is 3.45. The first-order valence-corrected chi connectivity index (χ1v) is 8.36. The van der Waals surface area contributed by atoms with E-state index in [9.17, 15) is 9.59 Å². The molecule has 0 aliphatic rings. The van der Waals surface area contributed by atoms with E-state index in [2.05, 4.69) is 5.32 Å². The lowest BCUT2D eigenvalue weighted by Gasteiger charge is -2.23. The van der Waals surface area contributed by atoms with Crippen LogP contribution >= 0.6 is 11.6 Å². The van der Waals surface area contributed by atoms with Crippen LogP contribution in [0.5, 0.6) is 5.75 Å². The molecule has 0 radical (unpaired) electrons. The summed E-state index contributed by atoms with van der Waals surface area (Å²) in [6.45, 7) is 9.17. The highest BCUT2D eigenvalue weighted by molar-refractivity contribution is 6.32. The number of aryl methyl sites for hydroxylation is 1. The molecule has 0 fully saturated rings. The Hall–Kier alpha value is -2.33. The summed E-state index contributed by atoms with van der Waals surface area (Å²) in [6.07, 6.45) is 0. The van der Waals surface area contributed by atoms with Crippen LogP contribution in [0.2, 0.25) is 5.02 Å². The number of halogens is 1. The second-order valence-corrected chi connectivity index (χ2v) is 7.31. The molecule has 0 unspecified atom stereocenters. The lowest BCUT2D eigenvalue weighted by molar-refractivity contribution is 0.101. The molecule has 0 aromatic heterocycles. The summed E-state index contributed by atoms with van der Waals surface area (Å²) >= 11 is 6.30. The van der Waals surface area contributed by atoms with Gasteiger partial charge in [-0.2, -0.15) is 0 Å². The number of ketones is 1. The predicted octanol–water partition coefficient (Wildman–Crippen LogP) is 5.28. The molecule has 1 amide bonds. The minimum absolute atomic E-state index is 0.0188. The molecule has 25 heavy (non-hydrogen) atoms. The maximum absolute atomic E-state index is 12.5. The van der Waals surface area contributed by atoms with Gasteiger partial charge in [-0.1, -0.05) is 11.6 Å². The summed E-state index contributed by atoms with van der Waals surface area (Å²) in [5.74, 6) is 0.286. The SMILES string of the molecule is CC(=O)c1ccc(NC(=O)c2cc(C)c(OC(C)(C)C)c(Cl)c2)cc1. The zero-order valence-electron chi connectivity index (χ0n) is 15.1. The van der Waals surface area contributed by atoms with E-state index in [4.69, 9.17) is 16.3 Å². The standard InChI is InChI=1S/C20H22ClNO3/c1-12-10-15(11-17(21)18(12)25-20(3,4)5)19(24)22-16-8-6-14(7-9-16)13(2)23/h6-11H,1-5H3,(H,22,24). The van der Waals surface area contributed by atoms with Crippen molar-refractivity contribution >= 4 is 29.0 Å². The number of carbonyl (C=O) groups excluding carboxylic acids is 2. The molecule has 0 saturated carbocycles. The number of benzene rings is 2. The average molecular weight is 360 g/mol. The molecule has 0 heterocycles. The third kappa shape index (κ3) is 5.07. The summed E-state index contributed by atoms with van der Waals surface area (Å²) in [7, 11) is 0. The fourth-order valence-electron chi connectivity index (χ4n) is 2.29. The quantitative estimate of drug-likeness (QED) is 0.755. The predicted molar refractivity (Wildman–Crippen MR) is 101 cm³/mol. The number of amides is 1. The molecule has 0 aliphatic carbocycles. The van der Waals surface area contributed by atoms with Gasteiger partial charge in [0.1, 0.15) is 11.4 Å². The summed E-state index contributed by atoms with van der Waals surface area (Å²) < 4.78 is 5.86. The van der Waals surface area contributed by atoms with Gasteiger partial charge in [0.25, 0.3) is 5.91 Å². The fourth-order valence-corrected chi connectivity index (χ4v) is 2.59. The maximum Gasteiger partial charge on any atom is 0.255 e. The molecular formula is C20H22ClNO3. The van der Waals surface area contributed by atoms with E-state index < -0.39 is 0 Å². The molecule has 4 nitrogen and oxygen atoms in total. The highest BCUT2D eigenvalue weighted by Gasteiger charge is 2.18. The molecule has 0 bridgehead atoms. The molecule has 5 heteroatoms. The van der Waals surface area contributed by atoms with Crippen LogP contribution in [0, 0.1) is 6.92 Å². The highest BCUT2D eigenvalue weighted by atomic mass is 35.5. The van der Waals surface area contributed by atoms with Crippen LogP contribution < -0.4 is 10.1 Å². The fraction of sp³-hybridized carbons (Fsp3) is 0.300. The van der Waals surface area contributed by atoms with E-state index >= 15 is 0 Å². The highest BCUT2D eigenvalue weighted by Crippen LogP contribution is 2.33. The van der Waals surface area contributed by atoms with Gasteiger partial charge in [0.2, 0.25) is 0 Å². The molecule has 0 atom stereocenters. The van der Waals surface area contributed by atoms with E-state index in [-0.39, 0.29) is 17.3 Å². The number of hydrogen-bond donors (Lipinski definition) is 1. The lowest BCUT2D eigenvalue weighted by Crippen LogP contribution is -2.24. The van der Waals surface area contributed by atoms with Crippen molar-refractivity contribution in [2.45, 2.75) is 40.2 Å². The third-order valence-corrected chi connectivity index (χ3v) is 3.73. The molecular weight excluding hydrogens is 338 g/mol. The van der Waals surface area contributed by atoms with E-state index in [1.54, 1.807) is 36.4 Å². The van der Waals surface area contributed by atoms with Crippen molar-refractivity contribution in [2.24, 2.45) is 0 Å². The second kappa shape index (κ2) is 7.28. The molecule has 132 valence electrons. The van der Waals surface area contributed by atoms with Crippen LogP contribution in [-0.2, 0) is 0 Å². The van der Waals surface area contributed by atoms with Crippen molar-refractivity contribution in [1.29, 1.82) is 0 Å². The number of anilines is 1. The lowest BCUT2D eigenvalue weighted by atomic mass is 10.1. The zero-order valence-corrected chi connectivity index (χ0v) is 15.8. The van der Waals surface area contributed by atoms with Crippen LogP contribution in [0.4, 0.5) is 5.69 Å². The van der Waals surface area contributed by atoms with E-state index in [0.29, 0.717) is 27.6 Å². The van der Waals surface area contributed by atoms with Crippen LogP contribution in [0.25, 0.3) is 0 Å². The van der Waals surface area contributed by atoms with E-state index in [1.807, 2.05) is 27.7 Å². The van der Waals surface area contributed by atoms with Gasteiger partial charge < -0.3 is 10.1 Å². The van der Waals surface area contributed by atoms with Crippen molar-refractivity contribution in [3.63, 3.8) is 0 Å². The maximum atomic E-state index is 12.5. The normalized spacial score (nSPS) is 11.1. The molecule has 2 rings (SSSR count). The van der Waals surface area contributed by atoms with Gasteiger partial charge in [-0.05, 0) is 76.6 Å². The number of hydrogen-bond acceptors (Lipinski definition) is 3. The van der Waals surface area contributed by atoms with Crippen molar-refractivity contribution in [2.75, 3.05) is 5.32 Å².